The van der Waals surface area contributed by atoms with E-state index in [9.17, 15) is 4.79 Å². The van der Waals surface area contributed by atoms with Gasteiger partial charge in [-0.1, -0.05) is 106 Å². The molecule has 0 radical (unpaired) electrons. The van der Waals surface area contributed by atoms with Gasteiger partial charge in [-0.2, -0.15) is 0 Å². The maximum atomic E-state index is 12.2. The minimum absolute atomic E-state index is 0.0628. The highest BCUT2D eigenvalue weighted by Gasteiger charge is 2.50. The Morgan fingerprint density at radius 1 is 0.761 bits per heavy atom. The Morgan fingerprint density at radius 2 is 1.26 bits per heavy atom. The van der Waals surface area contributed by atoms with Crippen LogP contribution in [0.1, 0.15) is 108 Å². The lowest BCUT2D eigenvalue weighted by molar-refractivity contribution is -0.141. The van der Waals surface area contributed by atoms with Crippen LogP contribution in [0.5, 0.6) is 0 Å². The fraction of sp³-hybridized carbons (Fsp3) is 0.816. The summed E-state index contributed by atoms with van der Waals surface area (Å²) < 4.78 is 26.5. The van der Waals surface area contributed by atoms with E-state index >= 15 is 0 Å². The van der Waals surface area contributed by atoms with Gasteiger partial charge in [0.25, 0.3) is 0 Å². The van der Waals surface area contributed by atoms with Gasteiger partial charge in [0.15, 0.2) is 25.0 Å². The van der Waals surface area contributed by atoms with Crippen LogP contribution in [0, 0.1) is 11.8 Å². The zero-order valence-corrected chi connectivity index (χ0v) is 36.1. The average Bonchev–Trinajstić information content (AvgIpc) is 3.19. The summed E-state index contributed by atoms with van der Waals surface area (Å²) >= 11 is 0. The number of esters is 1. The second-order valence-electron chi connectivity index (χ2n) is 18.0. The number of rotatable bonds is 16. The molecule has 1 fully saturated rings. The molecule has 1 aliphatic rings. The SMILES string of the molecule is CC/C=C\C/C=C\C[C@@H]1[C@H](/C=C/C(CCC(=O)OC)O[Si](C)(C)C(C)(C)C)[C@@H](O[Si](C)(C)C(C)(C)C)C[C@H]1O[Si](C)(C)C(C)(C)C. The molecule has 0 amide bonds. The van der Waals surface area contributed by atoms with Crippen molar-refractivity contribution in [2.75, 3.05) is 7.11 Å². The Morgan fingerprint density at radius 3 is 1.74 bits per heavy atom. The Labute approximate surface area is 288 Å². The molecule has 0 aromatic heterocycles. The van der Waals surface area contributed by atoms with E-state index in [0.29, 0.717) is 18.8 Å². The van der Waals surface area contributed by atoms with Gasteiger partial charge in [-0.3, -0.25) is 4.79 Å². The fourth-order valence-corrected chi connectivity index (χ4v) is 9.14. The summed E-state index contributed by atoms with van der Waals surface area (Å²) in [7, 11) is -4.73. The number of hydrogen-bond donors (Lipinski definition) is 0. The third kappa shape index (κ3) is 12.9. The van der Waals surface area contributed by atoms with Crippen molar-refractivity contribution in [1.29, 1.82) is 0 Å². The summed E-state index contributed by atoms with van der Waals surface area (Å²) in [6, 6.07) is 0. The fourth-order valence-electron chi connectivity index (χ4n) is 5.09. The lowest BCUT2D eigenvalue weighted by Gasteiger charge is -2.40. The number of ether oxygens (including phenoxy) is 1. The summed E-state index contributed by atoms with van der Waals surface area (Å²) in [5, 5.41) is 0.292. The largest absolute Gasteiger partial charge is 0.469 e. The summed E-state index contributed by atoms with van der Waals surface area (Å²) in [5.41, 5.74) is 0. The van der Waals surface area contributed by atoms with Gasteiger partial charge in [0.2, 0.25) is 0 Å². The Bertz CT molecular complexity index is 1020. The van der Waals surface area contributed by atoms with E-state index in [0.717, 1.165) is 25.7 Å². The van der Waals surface area contributed by atoms with Gasteiger partial charge >= 0.3 is 5.97 Å². The molecule has 0 N–H and O–H groups in total. The molecule has 1 rings (SSSR count). The van der Waals surface area contributed by atoms with Crippen LogP contribution >= 0.6 is 0 Å². The molecule has 0 aromatic rings. The summed E-state index contributed by atoms with van der Waals surface area (Å²) in [5.74, 6) is 0.282. The molecule has 1 aliphatic carbocycles. The van der Waals surface area contributed by atoms with Crippen molar-refractivity contribution in [2.24, 2.45) is 11.8 Å². The highest BCUT2D eigenvalue weighted by Crippen LogP contribution is 2.48. The van der Waals surface area contributed by atoms with Crippen LogP contribution in [0.15, 0.2) is 36.5 Å². The maximum Gasteiger partial charge on any atom is 0.305 e. The number of hydrogen-bond acceptors (Lipinski definition) is 5. The molecule has 0 bridgehead atoms. The quantitative estimate of drug-likeness (QED) is 0.0914. The number of carbonyl (C=O) groups is 1. The van der Waals surface area contributed by atoms with Crippen molar-refractivity contribution < 1.29 is 22.8 Å². The van der Waals surface area contributed by atoms with E-state index in [2.05, 4.69) is 145 Å². The molecule has 5 atom stereocenters. The van der Waals surface area contributed by atoms with E-state index < -0.39 is 25.0 Å². The van der Waals surface area contributed by atoms with Crippen molar-refractivity contribution in [3.63, 3.8) is 0 Å². The molecule has 5 nitrogen and oxygen atoms in total. The smallest absolute Gasteiger partial charge is 0.305 e. The number of allylic oxidation sites excluding steroid dienone is 4. The molecule has 1 saturated carbocycles. The van der Waals surface area contributed by atoms with Crippen LogP contribution in [0.25, 0.3) is 0 Å². The van der Waals surface area contributed by atoms with E-state index in [1.54, 1.807) is 0 Å². The second-order valence-corrected chi connectivity index (χ2v) is 32.3. The van der Waals surface area contributed by atoms with E-state index in [-0.39, 0.29) is 45.3 Å². The first-order valence-electron chi connectivity index (χ1n) is 17.9. The topological polar surface area (TPSA) is 54.0 Å². The second kappa shape index (κ2) is 17.2. The lowest BCUT2D eigenvalue weighted by atomic mass is 9.89. The monoisotopic (exact) mass is 694 g/mol. The van der Waals surface area contributed by atoms with Gasteiger partial charge in [-0.15, -0.1) is 0 Å². The zero-order valence-electron chi connectivity index (χ0n) is 33.1. The van der Waals surface area contributed by atoms with Crippen molar-refractivity contribution >= 4 is 30.9 Å². The molecule has 8 heteroatoms. The molecule has 46 heavy (non-hydrogen) atoms. The molecule has 0 saturated heterocycles. The van der Waals surface area contributed by atoms with Gasteiger partial charge < -0.3 is 18.0 Å². The van der Waals surface area contributed by atoms with Crippen LogP contribution in [0.3, 0.4) is 0 Å². The normalized spacial score (nSPS) is 23.2. The van der Waals surface area contributed by atoms with Crippen LogP contribution in [0.2, 0.25) is 54.4 Å². The minimum atomic E-state index is -2.09. The lowest BCUT2D eigenvalue weighted by Crippen LogP contribution is -2.45. The third-order valence-corrected chi connectivity index (χ3v) is 24.8. The number of methoxy groups -OCH3 is 1. The molecule has 1 unspecified atom stereocenters. The van der Waals surface area contributed by atoms with E-state index in [1.165, 1.54) is 7.11 Å². The van der Waals surface area contributed by atoms with Gasteiger partial charge in [0.05, 0.1) is 25.4 Å². The first kappa shape index (κ1) is 43.2. The van der Waals surface area contributed by atoms with E-state index in [1.807, 2.05) is 0 Å². The van der Waals surface area contributed by atoms with Crippen LogP contribution in [0.4, 0.5) is 0 Å². The van der Waals surface area contributed by atoms with Crippen molar-refractivity contribution in [2.45, 2.75) is 180 Å². The third-order valence-electron chi connectivity index (χ3n) is 11.3. The first-order chi connectivity index (χ1) is 20.8. The molecule has 0 aromatic carbocycles. The standard InChI is InChI=1S/C38H74O5Si3/c1-18-19-20-21-22-23-24-31-32(27-25-30(26-28-35(39)40-11)41-44(12,13)36(2,3)4)34(43-46(16,17)38(8,9)10)29-33(31)42-45(14,15)37(5,6)7/h19-20,22-23,25,27,30-34H,18,21,24,26,28-29H2,1-17H3/b20-19-,23-22-,27-25+/t30?,31-,32+,33-,34+/m1/s1. The van der Waals surface area contributed by atoms with Crippen LogP contribution < -0.4 is 0 Å². The highest BCUT2D eigenvalue weighted by atomic mass is 28.4. The maximum absolute atomic E-state index is 12.2. The number of carbonyl (C=O) groups excluding carboxylic acids is 1. The summed E-state index contributed by atoms with van der Waals surface area (Å²) in [6.45, 7) is 37.0. The van der Waals surface area contributed by atoms with Crippen molar-refractivity contribution in [3.05, 3.63) is 36.5 Å². The molecule has 0 spiro atoms. The predicted molar refractivity (Wildman–Crippen MR) is 206 cm³/mol. The Balaban J connectivity index is 3.68. The van der Waals surface area contributed by atoms with E-state index in [4.69, 9.17) is 18.0 Å². The van der Waals surface area contributed by atoms with Gasteiger partial charge in [0, 0.05) is 12.3 Å². The Hall–Kier alpha value is -0.779. The van der Waals surface area contributed by atoms with Gasteiger partial charge in [0.1, 0.15) is 0 Å². The molecule has 0 aliphatic heterocycles. The molecular weight excluding hydrogens is 621 g/mol. The predicted octanol–water partition coefficient (Wildman–Crippen LogP) is 11.6. The van der Waals surface area contributed by atoms with Gasteiger partial charge in [-0.25, -0.2) is 0 Å². The molecular formula is C38H74O5Si3. The summed E-state index contributed by atoms with van der Waals surface area (Å²) in [6.07, 6.45) is 18.6. The first-order valence-corrected chi connectivity index (χ1v) is 26.6. The minimum Gasteiger partial charge on any atom is -0.469 e. The highest BCUT2D eigenvalue weighted by molar-refractivity contribution is 6.75. The zero-order chi connectivity index (χ0) is 35.8. The van der Waals surface area contributed by atoms with Crippen LogP contribution in [-0.2, 0) is 22.8 Å². The molecule has 0 heterocycles. The van der Waals surface area contributed by atoms with Crippen LogP contribution in [-0.4, -0.2) is 56.3 Å². The Kier molecular flexibility index (Phi) is 16.2. The van der Waals surface area contributed by atoms with Crippen molar-refractivity contribution in [1.82, 2.24) is 0 Å². The summed E-state index contributed by atoms with van der Waals surface area (Å²) in [4.78, 5) is 12.2. The van der Waals surface area contributed by atoms with Gasteiger partial charge in [-0.05, 0) is 92.4 Å². The van der Waals surface area contributed by atoms with Crippen molar-refractivity contribution in [3.8, 4) is 0 Å². The molecule has 268 valence electrons. The average molecular weight is 695 g/mol.